The third-order valence-corrected chi connectivity index (χ3v) is 16.7. The van der Waals surface area contributed by atoms with Crippen LogP contribution in [-0.4, -0.2) is 48.9 Å². The van der Waals surface area contributed by atoms with Gasteiger partial charge >= 0.3 is 11.9 Å². The van der Waals surface area contributed by atoms with Crippen molar-refractivity contribution >= 4 is 78.7 Å². The van der Waals surface area contributed by atoms with Crippen molar-refractivity contribution in [3.63, 3.8) is 0 Å². The number of aromatic nitrogens is 2. The first-order valence-corrected chi connectivity index (χ1v) is 30.3. The van der Waals surface area contributed by atoms with Crippen molar-refractivity contribution in [2.24, 2.45) is 0 Å². The van der Waals surface area contributed by atoms with E-state index in [1.54, 1.807) is 79.7 Å². The van der Waals surface area contributed by atoms with Crippen molar-refractivity contribution in [1.29, 1.82) is 0 Å². The zero-order valence-corrected chi connectivity index (χ0v) is 51.1. The fraction of sp³-hybridized carbons (Fsp3) is 0.0909. The largest absolute Gasteiger partial charge is 0.507 e. The van der Waals surface area contributed by atoms with Gasteiger partial charge in [0.15, 0.2) is 5.43 Å². The van der Waals surface area contributed by atoms with E-state index in [9.17, 15) is 39.6 Å². The van der Waals surface area contributed by atoms with Crippen molar-refractivity contribution in [1.82, 2.24) is 9.97 Å². The number of carboxylic acids is 2. The summed E-state index contributed by atoms with van der Waals surface area (Å²) in [5.41, 5.74) is 13.5. The van der Waals surface area contributed by atoms with E-state index in [2.05, 4.69) is 59.2 Å². The second kappa shape index (κ2) is 25.2. The number of fused-ring (bicyclic) bond motifs is 6. The molecule has 2 aliphatic carbocycles. The fourth-order valence-corrected chi connectivity index (χ4v) is 12.1. The van der Waals surface area contributed by atoms with Crippen LogP contribution in [0.15, 0.2) is 225 Å². The van der Waals surface area contributed by atoms with Crippen LogP contribution in [-0.2, 0) is 19.5 Å². The van der Waals surface area contributed by atoms with E-state index in [0.29, 0.717) is 96.5 Å². The lowest BCUT2D eigenvalue weighted by Crippen LogP contribution is -2.08. The monoisotopic (exact) mass is 1250 g/mol. The Morgan fingerprint density at radius 1 is 0.538 bits per heavy atom. The molecule has 15 nitrogen and oxygen atoms in total. The van der Waals surface area contributed by atoms with Gasteiger partial charge in [0.05, 0.1) is 56.3 Å². The Morgan fingerprint density at radius 3 is 1.80 bits per heavy atom. The fourth-order valence-electron chi connectivity index (χ4n) is 11.9. The highest BCUT2D eigenvalue weighted by Crippen LogP contribution is 2.46. The molecule has 4 heterocycles. The van der Waals surface area contributed by atoms with E-state index in [0.717, 1.165) is 61.3 Å². The number of carbonyl (C=O) groups is 2. The number of phenols is 2. The lowest BCUT2D eigenvalue weighted by Gasteiger charge is -2.20. The van der Waals surface area contributed by atoms with Crippen LogP contribution in [0.2, 0.25) is 5.02 Å². The molecule has 458 valence electrons. The highest BCUT2D eigenvalue weighted by atomic mass is 35.5. The molecule has 0 saturated carbocycles. The van der Waals surface area contributed by atoms with Gasteiger partial charge in [-0.3, -0.25) is 19.6 Å². The third kappa shape index (κ3) is 12.0. The number of ether oxygens (including phenoxy) is 1. The Morgan fingerprint density at radius 2 is 1.13 bits per heavy atom. The van der Waals surface area contributed by atoms with E-state index in [4.69, 9.17) is 35.1 Å². The molecule has 2 aromatic heterocycles. The number of aromatic carboxylic acids is 2. The molecule has 6 N–H and O–H groups in total. The van der Waals surface area contributed by atoms with Gasteiger partial charge in [-0.2, -0.15) is 0 Å². The highest BCUT2D eigenvalue weighted by molar-refractivity contribution is 6.31. The third-order valence-electron chi connectivity index (χ3n) is 16.4. The van der Waals surface area contributed by atoms with Crippen LogP contribution in [0.3, 0.4) is 0 Å². The van der Waals surface area contributed by atoms with Gasteiger partial charge in [-0.05, 0) is 139 Å². The molecular weight excluding hydrogens is 1190 g/mol. The molecule has 4 aliphatic rings. The molecule has 0 amide bonds. The van der Waals surface area contributed by atoms with Gasteiger partial charge < -0.3 is 44.6 Å². The topological polar surface area (TPSA) is 235 Å². The molecule has 8 aromatic carbocycles. The highest BCUT2D eigenvalue weighted by Gasteiger charge is 2.26. The number of halogens is 1. The summed E-state index contributed by atoms with van der Waals surface area (Å²) in [5, 5.41) is 52.0. The minimum absolute atomic E-state index is 0.00371. The van der Waals surface area contributed by atoms with Gasteiger partial charge in [0.25, 0.3) is 0 Å². The first-order chi connectivity index (χ1) is 45.1. The Labute approximate surface area is 536 Å². The number of nitrogens with one attached hydrogen (secondary N) is 2. The van der Waals surface area contributed by atoms with Gasteiger partial charge in [-0.25, -0.2) is 9.59 Å². The van der Waals surface area contributed by atoms with Crippen LogP contribution in [0.4, 0.5) is 11.4 Å². The summed E-state index contributed by atoms with van der Waals surface area (Å²) in [5.74, 6) is -0.867. The van der Waals surface area contributed by atoms with E-state index < -0.39 is 17.4 Å². The number of anilines is 2. The average molecular weight is 1250 g/mol. The Hall–Kier alpha value is -11.8. The standard InChI is InChI=1S/C44H32N2O5.C33H25ClN2O6/c1-26-20-35-40(24-39(26)48)51-43-34(41(35)32-14-8-9-15-33(32)44(49)50)18-19-38(47)36(43)25-45-37-23-30(28-12-6-3-7-13-28)22-29-16-17-31(46-42(29)37)21-27-10-4-2-5-11-27;1-3-41-21-12-20-5-4-17(2)36-31(20)26(13-21)35-16-24-27(37)11-10-22-30(18-6-8-19(9-7-18)33(39)40)23-14-25(34)28(38)15-29(23)42-32(22)24/h2-20,22-24,45,47H,21,25H2,1H3,(H,49,50);4-15,35,37H,3,16H2,1-2H3,(H,39,40). The zero-order chi connectivity index (χ0) is 64.6. The second-order valence-corrected chi connectivity index (χ2v) is 22.9. The number of hydrogen-bond donors (Lipinski definition) is 6. The Bertz CT molecular complexity index is 5320. The number of nitrogens with zero attached hydrogens (tertiary/aromatic N) is 2. The number of carboxylic acid groups (broad SMARTS) is 2. The maximum Gasteiger partial charge on any atom is 0.336 e. The van der Waals surface area contributed by atoms with Crippen LogP contribution in [0.5, 0.6) is 17.2 Å². The van der Waals surface area contributed by atoms with Crippen molar-refractivity contribution in [2.75, 3.05) is 17.2 Å². The number of aryl methyl sites for hydroxylation is 2. The van der Waals surface area contributed by atoms with Gasteiger partial charge in [-0.15, -0.1) is 0 Å². The molecule has 16 heteroatoms. The van der Waals surface area contributed by atoms with Gasteiger partial charge in [0.2, 0.25) is 5.43 Å². The number of aromatic hydroxyl groups is 2. The Balaban J connectivity index is 0.000000173. The number of hydrogen-bond acceptors (Lipinski definition) is 13. The predicted octanol–water partition coefficient (Wildman–Crippen LogP) is 17.2. The molecule has 10 aromatic rings. The summed E-state index contributed by atoms with van der Waals surface area (Å²) in [6, 6.07) is 62.2. The lowest BCUT2D eigenvalue weighted by molar-refractivity contribution is 0.0686. The van der Waals surface area contributed by atoms with Crippen LogP contribution in [0, 0.1) is 13.8 Å². The summed E-state index contributed by atoms with van der Waals surface area (Å²) in [6.45, 7) is 6.36. The molecule has 0 fully saturated rings. The molecule has 0 bridgehead atoms. The van der Waals surface area contributed by atoms with E-state index >= 15 is 0 Å². The molecule has 0 unspecified atom stereocenters. The maximum atomic E-state index is 12.8. The summed E-state index contributed by atoms with van der Waals surface area (Å²) >= 11 is 6.24. The number of benzene rings is 10. The number of pyridine rings is 2. The van der Waals surface area contributed by atoms with Crippen LogP contribution in [0.25, 0.3) is 99.8 Å². The zero-order valence-electron chi connectivity index (χ0n) is 50.4. The Kier molecular flexibility index (Phi) is 16.3. The van der Waals surface area contributed by atoms with Gasteiger partial charge in [0.1, 0.15) is 39.9 Å². The van der Waals surface area contributed by atoms with Crippen molar-refractivity contribution < 1.29 is 43.6 Å². The first-order valence-electron chi connectivity index (χ1n) is 29.9. The quantitative estimate of drug-likeness (QED) is 0.0524. The minimum atomic E-state index is -1.07. The van der Waals surface area contributed by atoms with Crippen molar-refractivity contribution in [3.8, 4) is 73.3 Å². The molecule has 0 radical (unpaired) electrons. The van der Waals surface area contributed by atoms with Crippen molar-refractivity contribution in [2.45, 2.75) is 40.3 Å². The van der Waals surface area contributed by atoms with Crippen LogP contribution < -0.4 is 26.2 Å². The summed E-state index contributed by atoms with van der Waals surface area (Å²) < 4.78 is 18.5. The van der Waals surface area contributed by atoms with Crippen molar-refractivity contribution in [3.05, 3.63) is 276 Å². The molecular formula is C77H57ClN4O11. The first kappa shape index (κ1) is 60.1. The molecule has 2 aliphatic heterocycles. The molecule has 93 heavy (non-hydrogen) atoms. The molecule has 0 spiro atoms. The van der Waals surface area contributed by atoms with Crippen LogP contribution >= 0.6 is 11.6 Å². The number of phenolic OH excluding ortho intramolecular Hbond substituents is 2. The molecule has 0 saturated heterocycles. The SMILES string of the molecule is CCOc1cc(NCc2c(O)ccc3c(-c4ccc(C(=O)O)cc4)c4cc(Cl)c(=O)cc-4oc23)c2nc(C)ccc2c1.Cc1cc2c(-c3ccccc3C(=O)O)c3ccc(O)c(CNc4cc(-c5ccccc5)cc5ccc(Cc6ccccc6)nc45)c3oc-2cc1=O. The van der Waals surface area contributed by atoms with Gasteiger partial charge in [0, 0.05) is 92.9 Å². The van der Waals surface area contributed by atoms with E-state index in [1.165, 1.54) is 24.3 Å². The van der Waals surface area contributed by atoms with Crippen LogP contribution in [0.1, 0.15) is 61.3 Å². The van der Waals surface area contributed by atoms with E-state index in [-0.39, 0.29) is 51.9 Å². The molecule has 14 rings (SSSR count). The second-order valence-electron chi connectivity index (χ2n) is 22.5. The smallest absolute Gasteiger partial charge is 0.336 e. The lowest BCUT2D eigenvalue weighted by atomic mass is 9.89. The van der Waals surface area contributed by atoms with Gasteiger partial charge in [-0.1, -0.05) is 115 Å². The van der Waals surface area contributed by atoms with E-state index in [1.807, 2.05) is 74.5 Å². The summed E-state index contributed by atoms with van der Waals surface area (Å²) in [7, 11) is 0. The summed E-state index contributed by atoms with van der Waals surface area (Å²) in [4.78, 5) is 59.0. The predicted molar refractivity (Wildman–Crippen MR) is 365 cm³/mol. The summed E-state index contributed by atoms with van der Waals surface area (Å²) in [6.07, 6.45) is 0.675. The number of rotatable bonds is 15. The molecule has 0 atom stereocenters. The minimum Gasteiger partial charge on any atom is -0.507 e. The maximum absolute atomic E-state index is 12.8. The normalized spacial score (nSPS) is 11.3. The average Bonchev–Trinajstić information content (AvgIpc) is 0.752.